The number of nitrogen functional groups attached to an aromatic ring is 1. The van der Waals surface area contributed by atoms with Gasteiger partial charge < -0.3 is 10.2 Å². The molecule has 60 valence electrons. The van der Waals surface area contributed by atoms with E-state index in [1.165, 1.54) is 0 Å². The molecule has 0 bridgehead atoms. The van der Waals surface area contributed by atoms with Gasteiger partial charge in [-0.1, -0.05) is 6.07 Å². The van der Waals surface area contributed by atoms with Crippen molar-refractivity contribution < 1.29 is 4.74 Å². The zero-order chi connectivity index (χ0) is 8.27. The molecule has 0 fully saturated rings. The van der Waals surface area contributed by atoms with Crippen molar-refractivity contribution in [2.75, 3.05) is 12.5 Å². The van der Waals surface area contributed by atoms with E-state index in [1.54, 1.807) is 7.11 Å². The van der Waals surface area contributed by atoms with Gasteiger partial charge in [0, 0.05) is 0 Å². The third-order valence-corrected chi connectivity index (χ3v) is 1.84. The second kappa shape index (κ2) is 3.50. The second-order valence-electron chi connectivity index (χ2n) is 2.00. The Morgan fingerprint density at radius 2 is 2.27 bits per heavy atom. The molecule has 0 amide bonds. The fourth-order valence-electron chi connectivity index (χ4n) is 0.804. The third kappa shape index (κ3) is 1.58. The number of benzene rings is 1. The molecule has 11 heavy (non-hydrogen) atoms. The molecule has 0 aromatic heterocycles. The number of hydrogen-bond donors (Lipinski definition) is 3. The molecule has 0 radical (unpaired) electrons. The minimum absolute atomic E-state index is 0.712. The first kappa shape index (κ1) is 8.23. The van der Waals surface area contributed by atoms with Crippen LogP contribution < -0.4 is 16.0 Å². The van der Waals surface area contributed by atoms with Crippen molar-refractivity contribution in [3.63, 3.8) is 0 Å². The predicted molar refractivity (Wildman–Crippen MR) is 48.1 cm³/mol. The van der Waals surface area contributed by atoms with Crippen LogP contribution in [0.4, 0.5) is 5.69 Å². The summed E-state index contributed by atoms with van der Waals surface area (Å²) >= 11 is 4.20. The molecule has 0 saturated heterocycles. The van der Waals surface area contributed by atoms with E-state index in [9.17, 15) is 0 Å². The molecule has 1 aromatic rings. The molecular formula is C7H10N2OS. The molecule has 0 spiro atoms. The maximum absolute atomic E-state index is 5.22. The van der Waals surface area contributed by atoms with Crippen molar-refractivity contribution in [2.24, 2.45) is 5.84 Å². The zero-order valence-electron chi connectivity index (χ0n) is 6.16. The van der Waals surface area contributed by atoms with Gasteiger partial charge >= 0.3 is 0 Å². The molecule has 0 heterocycles. The van der Waals surface area contributed by atoms with Gasteiger partial charge in [0.05, 0.1) is 17.7 Å². The van der Waals surface area contributed by atoms with Crippen LogP contribution in [0.3, 0.4) is 0 Å². The number of nitrogens with two attached hydrogens (primary N) is 1. The van der Waals surface area contributed by atoms with Crippen molar-refractivity contribution in [1.29, 1.82) is 0 Å². The largest absolute Gasteiger partial charge is 0.496 e. The first-order chi connectivity index (χ1) is 5.29. The van der Waals surface area contributed by atoms with Crippen LogP contribution >= 0.6 is 12.6 Å². The fraction of sp³-hybridized carbons (Fsp3) is 0.143. The summed E-state index contributed by atoms with van der Waals surface area (Å²) in [5, 5.41) is 0. The third-order valence-electron chi connectivity index (χ3n) is 1.37. The summed E-state index contributed by atoms with van der Waals surface area (Å²) in [5.41, 5.74) is 3.27. The van der Waals surface area contributed by atoms with Gasteiger partial charge in [-0.15, -0.1) is 12.6 Å². The van der Waals surface area contributed by atoms with Crippen molar-refractivity contribution in [2.45, 2.75) is 4.90 Å². The van der Waals surface area contributed by atoms with Crippen molar-refractivity contribution >= 4 is 18.3 Å². The number of hydrogen-bond acceptors (Lipinski definition) is 4. The van der Waals surface area contributed by atoms with Crippen LogP contribution in [-0.4, -0.2) is 7.11 Å². The van der Waals surface area contributed by atoms with Crippen molar-refractivity contribution in [3.8, 4) is 5.75 Å². The molecule has 0 aliphatic heterocycles. The predicted octanol–water partition coefficient (Wildman–Crippen LogP) is 1.27. The van der Waals surface area contributed by atoms with Crippen molar-refractivity contribution in [1.82, 2.24) is 0 Å². The standard InChI is InChI=1S/C7H10N2OS/c1-10-6-4-2-3-5(9-8)7(6)11/h2-4,9,11H,8H2,1H3. The van der Waals surface area contributed by atoms with Gasteiger partial charge in [0.25, 0.3) is 0 Å². The van der Waals surface area contributed by atoms with Crippen LogP contribution in [-0.2, 0) is 0 Å². The smallest absolute Gasteiger partial charge is 0.134 e. The van der Waals surface area contributed by atoms with E-state index in [-0.39, 0.29) is 0 Å². The molecule has 1 rings (SSSR count). The molecule has 0 aliphatic rings. The summed E-state index contributed by atoms with van der Waals surface area (Å²) in [6, 6.07) is 5.49. The number of nitrogens with one attached hydrogen (secondary N) is 1. The number of thiol groups is 1. The average molecular weight is 170 g/mol. The molecule has 1 aromatic carbocycles. The molecule has 0 unspecified atom stereocenters. The van der Waals surface area contributed by atoms with E-state index in [1.807, 2.05) is 18.2 Å². The highest BCUT2D eigenvalue weighted by atomic mass is 32.1. The Morgan fingerprint density at radius 3 is 2.82 bits per heavy atom. The van der Waals surface area contributed by atoms with Crippen LogP contribution in [0.15, 0.2) is 23.1 Å². The maximum atomic E-state index is 5.22. The summed E-state index contributed by atoms with van der Waals surface area (Å²) in [6.07, 6.45) is 0. The lowest BCUT2D eigenvalue weighted by Crippen LogP contribution is -2.07. The average Bonchev–Trinajstić information content (AvgIpc) is 2.05. The molecule has 3 nitrogen and oxygen atoms in total. The minimum atomic E-state index is 0.712. The number of ether oxygens (including phenoxy) is 1. The highest BCUT2D eigenvalue weighted by molar-refractivity contribution is 7.80. The summed E-state index contributed by atoms with van der Waals surface area (Å²) in [7, 11) is 1.59. The lowest BCUT2D eigenvalue weighted by atomic mass is 10.3. The van der Waals surface area contributed by atoms with Gasteiger partial charge in [0.1, 0.15) is 5.75 Å². The summed E-state index contributed by atoms with van der Waals surface area (Å²) in [6.45, 7) is 0. The van der Waals surface area contributed by atoms with Crippen LogP contribution in [0.1, 0.15) is 0 Å². The molecule has 0 atom stereocenters. The van der Waals surface area contributed by atoms with Crippen LogP contribution in [0.2, 0.25) is 0 Å². The molecule has 0 saturated carbocycles. The molecular weight excluding hydrogens is 160 g/mol. The number of rotatable bonds is 2. The Bertz CT molecular complexity index is 230. The first-order valence-electron chi connectivity index (χ1n) is 3.12. The Morgan fingerprint density at radius 1 is 1.55 bits per heavy atom. The Kier molecular flexibility index (Phi) is 2.62. The van der Waals surface area contributed by atoms with E-state index in [4.69, 9.17) is 10.6 Å². The SMILES string of the molecule is COc1cccc(NN)c1S. The fourth-order valence-corrected chi connectivity index (χ4v) is 1.11. The normalized spacial score (nSPS) is 9.36. The van der Waals surface area contributed by atoms with E-state index in [0.717, 1.165) is 10.6 Å². The van der Waals surface area contributed by atoms with Gasteiger partial charge in [-0.3, -0.25) is 5.84 Å². The topological polar surface area (TPSA) is 47.3 Å². The Labute approximate surface area is 70.9 Å². The van der Waals surface area contributed by atoms with Gasteiger partial charge in [0.15, 0.2) is 0 Å². The number of hydrazine groups is 1. The molecule has 4 heteroatoms. The highest BCUT2D eigenvalue weighted by Gasteiger charge is 2.01. The first-order valence-corrected chi connectivity index (χ1v) is 3.57. The quantitative estimate of drug-likeness (QED) is 0.356. The lowest BCUT2D eigenvalue weighted by molar-refractivity contribution is 0.405. The number of anilines is 1. The maximum Gasteiger partial charge on any atom is 0.134 e. The zero-order valence-corrected chi connectivity index (χ0v) is 7.06. The van der Waals surface area contributed by atoms with Crippen LogP contribution in [0.25, 0.3) is 0 Å². The van der Waals surface area contributed by atoms with Gasteiger partial charge in [-0.05, 0) is 12.1 Å². The summed E-state index contributed by atoms with van der Waals surface area (Å²) in [5.74, 6) is 5.93. The molecule has 0 aliphatic carbocycles. The second-order valence-corrected chi connectivity index (χ2v) is 2.45. The highest BCUT2D eigenvalue weighted by Crippen LogP contribution is 2.28. The van der Waals surface area contributed by atoms with Gasteiger partial charge in [-0.25, -0.2) is 0 Å². The van der Waals surface area contributed by atoms with Crippen molar-refractivity contribution in [3.05, 3.63) is 18.2 Å². The Balaban J connectivity index is 3.10. The van der Waals surface area contributed by atoms with Gasteiger partial charge in [0.2, 0.25) is 0 Å². The molecule has 3 N–H and O–H groups in total. The summed E-state index contributed by atoms with van der Waals surface area (Å²) in [4.78, 5) is 0.720. The Hall–Kier alpha value is -0.870. The van der Waals surface area contributed by atoms with E-state index in [2.05, 4.69) is 18.1 Å². The minimum Gasteiger partial charge on any atom is -0.496 e. The monoisotopic (exact) mass is 170 g/mol. The summed E-state index contributed by atoms with van der Waals surface area (Å²) < 4.78 is 5.02. The number of methoxy groups -OCH3 is 1. The van der Waals surface area contributed by atoms with Gasteiger partial charge in [-0.2, -0.15) is 0 Å². The van der Waals surface area contributed by atoms with Crippen LogP contribution in [0, 0.1) is 0 Å². The van der Waals surface area contributed by atoms with E-state index >= 15 is 0 Å². The van der Waals surface area contributed by atoms with E-state index in [0.29, 0.717) is 5.75 Å². The lowest BCUT2D eigenvalue weighted by Gasteiger charge is -2.07. The van der Waals surface area contributed by atoms with Crippen LogP contribution in [0.5, 0.6) is 5.75 Å². The van der Waals surface area contributed by atoms with E-state index < -0.39 is 0 Å².